The molecule has 1 heterocycles. The standard InChI is InChI=1S/C19H15NO4S/c1-23-19(22)14-9-6-13(7-10-14)8-11-18(21)24-12-17-20-15-4-2-3-5-16(15)25-17/h2-11H,12H2,1H3. The second kappa shape index (κ2) is 7.72. The molecule has 0 bridgehead atoms. The lowest BCUT2D eigenvalue weighted by Crippen LogP contribution is -2.01. The second-order valence-corrected chi connectivity index (χ2v) is 6.25. The number of esters is 2. The molecule has 0 spiro atoms. The van der Waals surface area contributed by atoms with Crippen LogP contribution >= 0.6 is 11.3 Å². The van der Waals surface area contributed by atoms with Crippen molar-refractivity contribution in [2.45, 2.75) is 6.61 Å². The van der Waals surface area contributed by atoms with Gasteiger partial charge < -0.3 is 9.47 Å². The van der Waals surface area contributed by atoms with E-state index in [1.54, 1.807) is 30.3 Å². The lowest BCUT2D eigenvalue weighted by Gasteiger charge is -2.00. The average Bonchev–Trinajstić information content (AvgIpc) is 3.07. The van der Waals surface area contributed by atoms with Crippen molar-refractivity contribution < 1.29 is 19.1 Å². The first-order valence-electron chi connectivity index (χ1n) is 7.53. The first kappa shape index (κ1) is 16.9. The molecule has 0 unspecified atom stereocenters. The maximum absolute atomic E-state index is 11.8. The van der Waals surface area contributed by atoms with Gasteiger partial charge >= 0.3 is 11.9 Å². The molecule has 0 N–H and O–H groups in total. The van der Waals surface area contributed by atoms with Crippen LogP contribution in [0.15, 0.2) is 54.6 Å². The minimum absolute atomic E-state index is 0.143. The van der Waals surface area contributed by atoms with Crippen LogP contribution in [0.4, 0.5) is 0 Å². The smallest absolute Gasteiger partial charge is 0.337 e. The number of hydrogen-bond acceptors (Lipinski definition) is 6. The van der Waals surface area contributed by atoms with Crippen molar-refractivity contribution in [2.75, 3.05) is 7.11 Å². The molecule has 0 atom stereocenters. The van der Waals surface area contributed by atoms with E-state index in [-0.39, 0.29) is 6.61 Å². The molecule has 0 radical (unpaired) electrons. The SMILES string of the molecule is COC(=O)c1ccc(C=CC(=O)OCc2nc3ccccc3s2)cc1. The highest BCUT2D eigenvalue weighted by Gasteiger charge is 2.06. The number of carbonyl (C=O) groups is 2. The van der Waals surface area contributed by atoms with Crippen molar-refractivity contribution in [3.8, 4) is 0 Å². The molecule has 0 fully saturated rings. The Kier molecular flexibility index (Phi) is 5.20. The molecule has 0 saturated carbocycles. The van der Waals surface area contributed by atoms with Gasteiger partial charge in [0.05, 0.1) is 22.9 Å². The number of thiazole rings is 1. The molecule has 3 rings (SSSR count). The highest BCUT2D eigenvalue weighted by molar-refractivity contribution is 7.18. The summed E-state index contributed by atoms with van der Waals surface area (Å²) in [5, 5.41) is 0.755. The molecular weight excluding hydrogens is 338 g/mol. The molecule has 0 amide bonds. The summed E-state index contributed by atoms with van der Waals surface area (Å²) < 4.78 is 10.9. The first-order chi connectivity index (χ1) is 12.2. The van der Waals surface area contributed by atoms with Gasteiger partial charge in [-0.15, -0.1) is 11.3 Å². The molecule has 5 nitrogen and oxygen atoms in total. The van der Waals surface area contributed by atoms with Crippen molar-refractivity contribution in [3.63, 3.8) is 0 Å². The highest BCUT2D eigenvalue weighted by atomic mass is 32.1. The number of aromatic nitrogens is 1. The number of benzene rings is 2. The Bertz CT molecular complexity index is 895. The van der Waals surface area contributed by atoms with Gasteiger partial charge in [0.2, 0.25) is 0 Å². The first-order valence-corrected chi connectivity index (χ1v) is 8.35. The van der Waals surface area contributed by atoms with Crippen molar-refractivity contribution in [1.29, 1.82) is 0 Å². The van der Waals surface area contributed by atoms with Crippen LogP contribution in [0.3, 0.4) is 0 Å². The van der Waals surface area contributed by atoms with Crippen LogP contribution in [0.2, 0.25) is 0 Å². The molecule has 2 aromatic carbocycles. The number of hydrogen-bond donors (Lipinski definition) is 0. The van der Waals surface area contributed by atoms with Crippen molar-refractivity contribution in [3.05, 3.63) is 70.7 Å². The van der Waals surface area contributed by atoms with Crippen LogP contribution in [0.25, 0.3) is 16.3 Å². The van der Waals surface area contributed by atoms with E-state index < -0.39 is 11.9 Å². The summed E-state index contributed by atoms with van der Waals surface area (Å²) in [6, 6.07) is 14.5. The van der Waals surface area contributed by atoms with Crippen molar-refractivity contribution in [1.82, 2.24) is 4.98 Å². The van der Waals surface area contributed by atoms with Crippen LogP contribution in [0, 0.1) is 0 Å². The zero-order valence-electron chi connectivity index (χ0n) is 13.5. The third kappa shape index (κ3) is 4.30. The van der Waals surface area contributed by atoms with Crippen molar-refractivity contribution in [2.24, 2.45) is 0 Å². The van der Waals surface area contributed by atoms with E-state index in [4.69, 9.17) is 4.74 Å². The number of para-hydroxylation sites is 1. The van der Waals surface area contributed by atoms with Gasteiger partial charge in [0.15, 0.2) is 0 Å². The fraction of sp³-hybridized carbons (Fsp3) is 0.105. The topological polar surface area (TPSA) is 65.5 Å². The summed E-state index contributed by atoms with van der Waals surface area (Å²) >= 11 is 1.50. The fourth-order valence-corrected chi connectivity index (χ4v) is 3.06. The predicted octanol–water partition coefficient (Wildman–Crippen LogP) is 3.84. The van der Waals surface area contributed by atoms with E-state index in [1.807, 2.05) is 24.3 Å². The summed E-state index contributed by atoms with van der Waals surface area (Å²) in [6.45, 7) is 0.143. The van der Waals surface area contributed by atoms with E-state index in [0.717, 1.165) is 20.8 Å². The minimum Gasteiger partial charge on any atom is -0.465 e. The lowest BCUT2D eigenvalue weighted by atomic mass is 10.1. The Morgan fingerprint density at radius 2 is 1.88 bits per heavy atom. The minimum atomic E-state index is -0.448. The van der Waals surface area contributed by atoms with Gasteiger partial charge in [0, 0.05) is 6.08 Å². The van der Waals surface area contributed by atoms with Gasteiger partial charge in [0.1, 0.15) is 11.6 Å². The van der Waals surface area contributed by atoms with Gasteiger partial charge in [-0.2, -0.15) is 0 Å². The molecule has 126 valence electrons. The molecule has 6 heteroatoms. The van der Waals surface area contributed by atoms with E-state index in [1.165, 1.54) is 24.5 Å². The van der Waals surface area contributed by atoms with Gasteiger partial charge in [-0.3, -0.25) is 0 Å². The summed E-state index contributed by atoms with van der Waals surface area (Å²) in [5.41, 5.74) is 2.14. The molecule has 0 saturated heterocycles. The number of ether oxygens (including phenoxy) is 2. The predicted molar refractivity (Wildman–Crippen MR) is 96.2 cm³/mol. The second-order valence-electron chi connectivity index (χ2n) is 5.13. The highest BCUT2D eigenvalue weighted by Crippen LogP contribution is 2.22. The number of nitrogens with zero attached hydrogens (tertiary/aromatic N) is 1. The van der Waals surface area contributed by atoms with Crippen LogP contribution in [-0.2, 0) is 20.9 Å². The number of rotatable bonds is 5. The van der Waals surface area contributed by atoms with Gasteiger partial charge in [-0.05, 0) is 35.9 Å². The molecular formula is C19H15NO4S. The van der Waals surface area contributed by atoms with E-state index in [0.29, 0.717) is 5.56 Å². The zero-order valence-corrected chi connectivity index (χ0v) is 14.3. The number of methoxy groups -OCH3 is 1. The van der Waals surface area contributed by atoms with Gasteiger partial charge in [-0.25, -0.2) is 14.6 Å². The Balaban J connectivity index is 1.56. The average molecular weight is 353 g/mol. The largest absolute Gasteiger partial charge is 0.465 e. The summed E-state index contributed by atoms with van der Waals surface area (Å²) in [6.07, 6.45) is 2.97. The summed E-state index contributed by atoms with van der Waals surface area (Å²) in [5.74, 6) is -0.845. The third-order valence-corrected chi connectivity index (χ3v) is 4.43. The maximum Gasteiger partial charge on any atom is 0.337 e. The Hall–Kier alpha value is -2.99. The van der Waals surface area contributed by atoms with Crippen LogP contribution in [-0.4, -0.2) is 24.0 Å². The molecule has 3 aromatic rings. The van der Waals surface area contributed by atoms with Crippen LogP contribution < -0.4 is 0 Å². The van der Waals surface area contributed by atoms with Crippen LogP contribution in [0.1, 0.15) is 20.9 Å². The molecule has 0 aliphatic heterocycles. The normalized spacial score (nSPS) is 10.9. The maximum atomic E-state index is 11.8. The molecule has 25 heavy (non-hydrogen) atoms. The third-order valence-electron chi connectivity index (χ3n) is 3.42. The Labute approximate surface area is 148 Å². The van der Waals surface area contributed by atoms with E-state index in [2.05, 4.69) is 9.72 Å². The molecule has 0 aliphatic carbocycles. The summed E-state index contributed by atoms with van der Waals surface area (Å²) in [4.78, 5) is 27.6. The number of carbonyl (C=O) groups excluding carboxylic acids is 2. The fourth-order valence-electron chi connectivity index (χ4n) is 2.18. The monoisotopic (exact) mass is 353 g/mol. The van der Waals surface area contributed by atoms with E-state index in [9.17, 15) is 9.59 Å². The molecule has 0 aliphatic rings. The Morgan fingerprint density at radius 3 is 2.60 bits per heavy atom. The van der Waals surface area contributed by atoms with Crippen LogP contribution in [0.5, 0.6) is 0 Å². The zero-order chi connectivity index (χ0) is 17.6. The summed E-state index contributed by atoms with van der Waals surface area (Å²) in [7, 11) is 1.33. The quantitative estimate of drug-likeness (QED) is 0.515. The molecule has 1 aromatic heterocycles. The lowest BCUT2D eigenvalue weighted by molar-refractivity contribution is -0.138. The number of fused-ring (bicyclic) bond motifs is 1. The van der Waals surface area contributed by atoms with Crippen molar-refractivity contribution >= 4 is 39.6 Å². The van der Waals surface area contributed by atoms with Gasteiger partial charge in [-0.1, -0.05) is 24.3 Å². The Morgan fingerprint density at radius 1 is 1.12 bits per heavy atom. The van der Waals surface area contributed by atoms with Gasteiger partial charge in [0.25, 0.3) is 0 Å². The van der Waals surface area contributed by atoms with E-state index >= 15 is 0 Å².